The fourth-order valence-corrected chi connectivity index (χ4v) is 3.44. The molecule has 0 aliphatic rings. The molecule has 0 radical (unpaired) electrons. The van der Waals surface area contributed by atoms with Gasteiger partial charge in [0.15, 0.2) is 0 Å². The number of nitrogens with one attached hydrogen (secondary N) is 2. The summed E-state index contributed by atoms with van der Waals surface area (Å²) in [4.78, 5) is 3.45. The van der Waals surface area contributed by atoms with E-state index in [1.807, 2.05) is 36.4 Å². The number of H-pyrrole nitrogens is 1. The molecule has 0 saturated heterocycles. The van der Waals surface area contributed by atoms with E-state index in [0.717, 1.165) is 54.5 Å². The normalized spacial score (nSPS) is 10.6. The fraction of sp³-hybridized carbons (Fsp3) is 0.280. The predicted octanol–water partition coefficient (Wildman–Crippen LogP) is 4.68. The van der Waals surface area contributed by atoms with Crippen molar-refractivity contribution >= 4 is 21.8 Å². The zero-order chi connectivity index (χ0) is 21.2. The molecule has 5 nitrogen and oxygen atoms in total. The Labute approximate surface area is 177 Å². The average Bonchev–Trinajstić information content (AvgIpc) is 3.17. The highest BCUT2D eigenvalue weighted by Gasteiger charge is 2.08. The van der Waals surface area contributed by atoms with Crippen molar-refractivity contribution in [3.05, 3.63) is 72.3 Å². The lowest BCUT2D eigenvalue weighted by molar-refractivity contribution is 0.295. The van der Waals surface area contributed by atoms with E-state index in [1.54, 1.807) is 0 Å². The standard InChI is InChI=1S/C24H26N2O2.CH4O/c1-18-8-2-5-12-22(18)28-17-15-25-14-7-16-27-23-13-6-11-21-24(23)19-9-3-4-10-20(19)26-21;1-2/h2-6,8-13,25-26H,7,14-17H2,1H3;2H,1H3. The molecule has 0 atom stereocenters. The summed E-state index contributed by atoms with van der Waals surface area (Å²) in [6.07, 6.45) is 0.948. The number of para-hydroxylation sites is 2. The number of fused-ring (bicyclic) bond motifs is 3. The van der Waals surface area contributed by atoms with Crippen LogP contribution in [0.5, 0.6) is 11.5 Å². The first kappa shape index (κ1) is 21.7. The molecule has 158 valence electrons. The molecule has 0 unspecified atom stereocenters. The molecule has 0 amide bonds. The van der Waals surface area contributed by atoms with E-state index in [4.69, 9.17) is 14.6 Å². The summed E-state index contributed by atoms with van der Waals surface area (Å²) in [7, 11) is 1.00. The quantitative estimate of drug-likeness (QED) is 0.353. The molecular weight excluding hydrogens is 376 g/mol. The number of aromatic amines is 1. The smallest absolute Gasteiger partial charge is 0.129 e. The average molecular weight is 407 g/mol. The molecule has 5 heteroatoms. The highest BCUT2D eigenvalue weighted by Crippen LogP contribution is 2.32. The Bertz CT molecular complexity index is 1060. The zero-order valence-electron chi connectivity index (χ0n) is 17.7. The zero-order valence-corrected chi connectivity index (χ0v) is 17.7. The summed E-state index contributed by atoms with van der Waals surface area (Å²) >= 11 is 0. The number of benzene rings is 3. The minimum Gasteiger partial charge on any atom is -0.493 e. The first-order valence-corrected chi connectivity index (χ1v) is 10.3. The number of aromatic nitrogens is 1. The van der Waals surface area contributed by atoms with Crippen LogP contribution < -0.4 is 14.8 Å². The minimum atomic E-state index is 0.667. The second-order valence-corrected chi connectivity index (χ2v) is 6.92. The number of hydrogen-bond acceptors (Lipinski definition) is 4. The van der Waals surface area contributed by atoms with Crippen LogP contribution in [0, 0.1) is 6.92 Å². The van der Waals surface area contributed by atoms with Gasteiger partial charge in [0.25, 0.3) is 0 Å². The second kappa shape index (κ2) is 11.2. The Kier molecular flexibility index (Phi) is 8.12. The van der Waals surface area contributed by atoms with Crippen molar-refractivity contribution in [1.29, 1.82) is 0 Å². The third-order valence-corrected chi connectivity index (χ3v) is 4.88. The fourth-order valence-electron chi connectivity index (χ4n) is 3.44. The van der Waals surface area contributed by atoms with Crippen molar-refractivity contribution in [2.45, 2.75) is 13.3 Å². The van der Waals surface area contributed by atoms with Gasteiger partial charge in [-0.1, -0.05) is 42.5 Å². The van der Waals surface area contributed by atoms with Gasteiger partial charge in [-0.25, -0.2) is 0 Å². The molecule has 0 spiro atoms. The SMILES string of the molecule is CO.Cc1ccccc1OCCNCCCOc1cccc2[nH]c3ccccc3c12. The highest BCUT2D eigenvalue weighted by molar-refractivity contribution is 6.10. The maximum atomic E-state index is 7.00. The van der Waals surface area contributed by atoms with Gasteiger partial charge in [0.2, 0.25) is 0 Å². The van der Waals surface area contributed by atoms with Gasteiger partial charge in [-0.3, -0.25) is 0 Å². The van der Waals surface area contributed by atoms with E-state index in [0.29, 0.717) is 13.2 Å². The lowest BCUT2D eigenvalue weighted by atomic mass is 10.1. The predicted molar refractivity (Wildman–Crippen MR) is 124 cm³/mol. The second-order valence-electron chi connectivity index (χ2n) is 6.92. The first-order chi connectivity index (χ1) is 14.8. The lowest BCUT2D eigenvalue weighted by Gasteiger charge is -2.10. The molecule has 0 aliphatic heterocycles. The lowest BCUT2D eigenvalue weighted by Crippen LogP contribution is -2.23. The van der Waals surface area contributed by atoms with Crippen LogP contribution in [0.3, 0.4) is 0 Å². The molecule has 4 aromatic rings. The van der Waals surface area contributed by atoms with Crippen LogP contribution in [0.1, 0.15) is 12.0 Å². The Morgan fingerprint density at radius 3 is 2.33 bits per heavy atom. The molecule has 1 aromatic heterocycles. The summed E-state index contributed by atoms with van der Waals surface area (Å²) in [6, 6.07) is 22.6. The molecule has 0 saturated carbocycles. The van der Waals surface area contributed by atoms with Crippen molar-refractivity contribution in [3.63, 3.8) is 0 Å². The molecule has 3 N–H and O–H groups in total. The van der Waals surface area contributed by atoms with Gasteiger partial charge in [-0.2, -0.15) is 0 Å². The Balaban J connectivity index is 0.00000124. The molecule has 30 heavy (non-hydrogen) atoms. The molecular formula is C25H30N2O3. The van der Waals surface area contributed by atoms with Gasteiger partial charge in [-0.15, -0.1) is 0 Å². The molecule has 3 aromatic carbocycles. The van der Waals surface area contributed by atoms with Crippen LogP contribution in [-0.2, 0) is 0 Å². The molecule has 0 fully saturated rings. The summed E-state index contributed by atoms with van der Waals surface area (Å²) in [6.45, 7) is 5.15. The van der Waals surface area contributed by atoms with Crippen LogP contribution in [0.15, 0.2) is 66.7 Å². The highest BCUT2D eigenvalue weighted by atomic mass is 16.5. The number of aliphatic hydroxyl groups excluding tert-OH is 1. The number of aryl methyl sites for hydroxylation is 1. The van der Waals surface area contributed by atoms with Crippen LogP contribution in [0.2, 0.25) is 0 Å². The minimum absolute atomic E-state index is 0.667. The summed E-state index contributed by atoms with van der Waals surface area (Å²) in [5, 5.41) is 12.8. The van der Waals surface area contributed by atoms with Crippen LogP contribution >= 0.6 is 0 Å². The van der Waals surface area contributed by atoms with E-state index in [1.165, 1.54) is 10.9 Å². The number of hydrogen-bond donors (Lipinski definition) is 3. The molecule has 4 rings (SSSR count). The third-order valence-electron chi connectivity index (χ3n) is 4.88. The van der Waals surface area contributed by atoms with Crippen LogP contribution in [-0.4, -0.2) is 43.5 Å². The monoisotopic (exact) mass is 406 g/mol. The van der Waals surface area contributed by atoms with Gasteiger partial charge >= 0.3 is 0 Å². The largest absolute Gasteiger partial charge is 0.493 e. The Hall–Kier alpha value is -3.02. The van der Waals surface area contributed by atoms with Gasteiger partial charge in [0.1, 0.15) is 18.1 Å². The Morgan fingerprint density at radius 1 is 0.767 bits per heavy atom. The summed E-state index contributed by atoms with van der Waals surface area (Å²) in [5.74, 6) is 1.90. The van der Waals surface area contributed by atoms with E-state index in [-0.39, 0.29) is 0 Å². The van der Waals surface area contributed by atoms with E-state index >= 15 is 0 Å². The van der Waals surface area contributed by atoms with Gasteiger partial charge in [0, 0.05) is 29.9 Å². The van der Waals surface area contributed by atoms with Crippen molar-refractivity contribution in [3.8, 4) is 11.5 Å². The van der Waals surface area contributed by atoms with Gasteiger partial charge in [-0.05, 0) is 49.7 Å². The number of rotatable bonds is 9. The van der Waals surface area contributed by atoms with Crippen molar-refractivity contribution < 1.29 is 14.6 Å². The molecule has 0 aliphatic carbocycles. The van der Waals surface area contributed by atoms with Crippen LogP contribution in [0.25, 0.3) is 21.8 Å². The van der Waals surface area contributed by atoms with E-state index in [2.05, 4.69) is 47.6 Å². The summed E-state index contributed by atoms with van der Waals surface area (Å²) in [5.41, 5.74) is 3.43. The van der Waals surface area contributed by atoms with Crippen molar-refractivity contribution in [2.24, 2.45) is 0 Å². The number of aliphatic hydroxyl groups is 1. The van der Waals surface area contributed by atoms with Gasteiger partial charge in [0.05, 0.1) is 12.1 Å². The van der Waals surface area contributed by atoms with Gasteiger partial charge < -0.3 is 24.9 Å². The maximum Gasteiger partial charge on any atom is 0.129 e. The van der Waals surface area contributed by atoms with Crippen molar-refractivity contribution in [2.75, 3.05) is 33.4 Å². The van der Waals surface area contributed by atoms with Crippen LogP contribution in [0.4, 0.5) is 0 Å². The van der Waals surface area contributed by atoms with E-state index in [9.17, 15) is 0 Å². The maximum absolute atomic E-state index is 7.00. The van der Waals surface area contributed by atoms with Crippen molar-refractivity contribution in [1.82, 2.24) is 10.3 Å². The first-order valence-electron chi connectivity index (χ1n) is 10.3. The van der Waals surface area contributed by atoms with E-state index < -0.39 is 0 Å². The summed E-state index contributed by atoms with van der Waals surface area (Å²) < 4.78 is 11.9. The number of ether oxygens (including phenoxy) is 2. The topological polar surface area (TPSA) is 66.5 Å². The molecule has 0 bridgehead atoms. The Morgan fingerprint density at radius 2 is 1.47 bits per heavy atom. The molecule has 1 heterocycles. The third kappa shape index (κ3) is 5.32.